The molecule has 1 aromatic carbocycles. The second-order valence-electron chi connectivity index (χ2n) is 7.50. The van der Waals surface area contributed by atoms with Gasteiger partial charge in [-0.05, 0) is 43.3 Å². The van der Waals surface area contributed by atoms with Crippen molar-refractivity contribution in [2.45, 2.75) is 32.4 Å². The standard InChI is InChI=1S/C20H27N5/c1-2-5-17(6-3-1)11-22-19-23-12-18(13-24-19)14-25-10-4-7-20(16-25)8-9-21-15-20/h1-3,5-6,12-13,21H,4,7-11,14-16H2,(H,22,23,24). The number of piperidine rings is 1. The molecule has 2 fully saturated rings. The molecule has 0 aliphatic carbocycles. The van der Waals surface area contributed by atoms with Gasteiger partial charge in [0.15, 0.2) is 0 Å². The van der Waals surface area contributed by atoms with E-state index in [4.69, 9.17) is 0 Å². The van der Waals surface area contributed by atoms with Crippen molar-refractivity contribution in [3.05, 3.63) is 53.9 Å². The van der Waals surface area contributed by atoms with Gasteiger partial charge in [-0.25, -0.2) is 9.97 Å². The number of rotatable bonds is 5. The van der Waals surface area contributed by atoms with E-state index in [1.165, 1.54) is 56.6 Å². The average Bonchev–Trinajstić information content (AvgIpc) is 3.09. The number of likely N-dealkylation sites (tertiary alicyclic amines) is 1. The van der Waals surface area contributed by atoms with Crippen LogP contribution in [0.15, 0.2) is 42.7 Å². The number of hydrogen-bond acceptors (Lipinski definition) is 5. The van der Waals surface area contributed by atoms with E-state index in [0.29, 0.717) is 11.4 Å². The number of nitrogens with one attached hydrogen (secondary N) is 2. The van der Waals surface area contributed by atoms with Gasteiger partial charge in [-0.3, -0.25) is 4.90 Å². The molecule has 2 N–H and O–H groups in total. The van der Waals surface area contributed by atoms with E-state index in [1.54, 1.807) is 0 Å². The van der Waals surface area contributed by atoms with E-state index >= 15 is 0 Å². The van der Waals surface area contributed by atoms with Gasteiger partial charge in [-0.2, -0.15) is 0 Å². The Hall–Kier alpha value is -1.98. The molecule has 3 heterocycles. The van der Waals surface area contributed by atoms with E-state index in [9.17, 15) is 0 Å². The molecule has 25 heavy (non-hydrogen) atoms. The van der Waals surface area contributed by atoms with E-state index in [-0.39, 0.29) is 0 Å². The Bertz CT molecular complexity index is 664. The maximum absolute atomic E-state index is 4.49. The molecule has 1 aromatic heterocycles. The molecular weight excluding hydrogens is 310 g/mol. The lowest BCUT2D eigenvalue weighted by Crippen LogP contribution is -2.44. The SMILES string of the molecule is c1ccc(CNc2ncc(CN3CCCC4(CCNC4)C3)cn2)cc1. The van der Waals surface area contributed by atoms with Crippen molar-refractivity contribution in [1.82, 2.24) is 20.2 Å². The van der Waals surface area contributed by atoms with Crippen LogP contribution in [-0.2, 0) is 13.1 Å². The molecule has 132 valence electrons. The molecular formula is C20H27N5. The molecule has 5 heteroatoms. The van der Waals surface area contributed by atoms with Crippen LogP contribution >= 0.6 is 0 Å². The topological polar surface area (TPSA) is 53.1 Å². The van der Waals surface area contributed by atoms with Gasteiger partial charge in [0, 0.05) is 44.1 Å². The van der Waals surface area contributed by atoms with Gasteiger partial charge in [0.1, 0.15) is 0 Å². The first-order chi connectivity index (χ1) is 12.3. The molecule has 2 saturated heterocycles. The third kappa shape index (κ3) is 4.17. The van der Waals surface area contributed by atoms with E-state index in [1.807, 2.05) is 30.6 Å². The molecule has 1 atom stereocenters. The maximum atomic E-state index is 4.49. The summed E-state index contributed by atoms with van der Waals surface area (Å²) in [6.07, 6.45) is 7.93. The summed E-state index contributed by atoms with van der Waals surface area (Å²) >= 11 is 0. The molecule has 1 spiro atoms. The lowest BCUT2D eigenvalue weighted by Gasteiger charge is -2.40. The van der Waals surface area contributed by atoms with Gasteiger partial charge >= 0.3 is 0 Å². The van der Waals surface area contributed by atoms with Gasteiger partial charge < -0.3 is 10.6 Å². The fourth-order valence-corrected chi connectivity index (χ4v) is 4.15. The fourth-order valence-electron chi connectivity index (χ4n) is 4.15. The van der Waals surface area contributed by atoms with Gasteiger partial charge in [0.05, 0.1) is 0 Å². The summed E-state index contributed by atoms with van der Waals surface area (Å²) in [7, 11) is 0. The van der Waals surface area contributed by atoms with Crippen LogP contribution in [0, 0.1) is 5.41 Å². The van der Waals surface area contributed by atoms with E-state index in [0.717, 1.165) is 13.1 Å². The molecule has 1 unspecified atom stereocenters. The lowest BCUT2D eigenvalue weighted by molar-refractivity contribution is 0.0976. The zero-order valence-corrected chi connectivity index (χ0v) is 14.7. The minimum Gasteiger partial charge on any atom is -0.350 e. The summed E-state index contributed by atoms with van der Waals surface area (Å²) in [5.74, 6) is 0.697. The number of benzene rings is 1. The highest BCUT2D eigenvalue weighted by Crippen LogP contribution is 2.35. The van der Waals surface area contributed by atoms with Crippen LogP contribution in [0.25, 0.3) is 0 Å². The van der Waals surface area contributed by atoms with Crippen molar-refractivity contribution in [3.63, 3.8) is 0 Å². The number of anilines is 1. The van der Waals surface area contributed by atoms with Gasteiger partial charge in [0.25, 0.3) is 0 Å². The van der Waals surface area contributed by atoms with Crippen LogP contribution in [-0.4, -0.2) is 41.0 Å². The third-order valence-electron chi connectivity index (χ3n) is 5.48. The Morgan fingerprint density at radius 2 is 1.92 bits per heavy atom. The summed E-state index contributed by atoms with van der Waals surface area (Å²) < 4.78 is 0. The van der Waals surface area contributed by atoms with Crippen LogP contribution < -0.4 is 10.6 Å². The second-order valence-corrected chi connectivity index (χ2v) is 7.50. The van der Waals surface area contributed by atoms with Gasteiger partial charge in [0.2, 0.25) is 5.95 Å². The van der Waals surface area contributed by atoms with Crippen LogP contribution in [0.4, 0.5) is 5.95 Å². The van der Waals surface area contributed by atoms with Crippen molar-refractivity contribution < 1.29 is 0 Å². The predicted molar refractivity (Wildman–Crippen MR) is 100 cm³/mol. The number of hydrogen-bond donors (Lipinski definition) is 2. The molecule has 2 aliphatic heterocycles. The van der Waals surface area contributed by atoms with Crippen molar-refractivity contribution in [1.29, 1.82) is 0 Å². The van der Waals surface area contributed by atoms with Crippen molar-refractivity contribution >= 4 is 5.95 Å². The average molecular weight is 337 g/mol. The number of aromatic nitrogens is 2. The van der Waals surface area contributed by atoms with Crippen LogP contribution in [0.5, 0.6) is 0 Å². The highest BCUT2D eigenvalue weighted by molar-refractivity contribution is 5.27. The zero-order chi connectivity index (χ0) is 17.0. The quantitative estimate of drug-likeness (QED) is 0.878. The van der Waals surface area contributed by atoms with Gasteiger partial charge in [-0.1, -0.05) is 30.3 Å². The first kappa shape index (κ1) is 16.5. The molecule has 0 radical (unpaired) electrons. The van der Waals surface area contributed by atoms with Crippen molar-refractivity contribution in [3.8, 4) is 0 Å². The Kier molecular flexibility index (Phi) is 4.95. The molecule has 0 amide bonds. The predicted octanol–water partition coefficient (Wildman–Crippen LogP) is 2.66. The highest BCUT2D eigenvalue weighted by atomic mass is 15.2. The summed E-state index contributed by atoms with van der Waals surface area (Å²) in [4.78, 5) is 11.5. The number of nitrogens with zero attached hydrogens (tertiary/aromatic N) is 3. The summed E-state index contributed by atoms with van der Waals surface area (Å²) in [6, 6.07) is 10.3. The molecule has 0 saturated carbocycles. The van der Waals surface area contributed by atoms with E-state index in [2.05, 4.69) is 37.6 Å². The minimum atomic E-state index is 0.510. The zero-order valence-electron chi connectivity index (χ0n) is 14.7. The normalized spacial score (nSPS) is 23.8. The Morgan fingerprint density at radius 3 is 2.68 bits per heavy atom. The second kappa shape index (κ2) is 7.50. The van der Waals surface area contributed by atoms with E-state index < -0.39 is 0 Å². The van der Waals surface area contributed by atoms with Crippen molar-refractivity contribution in [2.75, 3.05) is 31.5 Å². The summed E-state index contributed by atoms with van der Waals surface area (Å²) in [5, 5.41) is 6.83. The fraction of sp³-hybridized carbons (Fsp3) is 0.500. The Morgan fingerprint density at radius 1 is 1.08 bits per heavy atom. The van der Waals surface area contributed by atoms with Crippen molar-refractivity contribution in [2.24, 2.45) is 5.41 Å². The molecule has 5 nitrogen and oxygen atoms in total. The smallest absolute Gasteiger partial charge is 0.222 e. The monoisotopic (exact) mass is 337 g/mol. The first-order valence-electron chi connectivity index (χ1n) is 9.33. The van der Waals surface area contributed by atoms with Gasteiger partial charge in [-0.15, -0.1) is 0 Å². The van der Waals surface area contributed by atoms with Crippen LogP contribution in [0.3, 0.4) is 0 Å². The van der Waals surface area contributed by atoms with Crippen LogP contribution in [0.1, 0.15) is 30.4 Å². The summed E-state index contributed by atoms with van der Waals surface area (Å²) in [5.41, 5.74) is 2.95. The molecule has 2 aromatic rings. The molecule has 4 rings (SSSR count). The first-order valence-corrected chi connectivity index (χ1v) is 9.33. The Balaban J connectivity index is 1.31. The lowest BCUT2D eigenvalue weighted by atomic mass is 9.79. The Labute approximate surface area is 149 Å². The largest absolute Gasteiger partial charge is 0.350 e. The highest BCUT2D eigenvalue weighted by Gasteiger charge is 2.37. The summed E-state index contributed by atoms with van der Waals surface area (Å²) in [6.45, 7) is 6.47. The van der Waals surface area contributed by atoms with Crippen LogP contribution in [0.2, 0.25) is 0 Å². The molecule has 2 aliphatic rings. The molecule has 0 bridgehead atoms. The third-order valence-corrected chi connectivity index (χ3v) is 5.48. The maximum Gasteiger partial charge on any atom is 0.222 e. The minimum absolute atomic E-state index is 0.510.